The van der Waals surface area contributed by atoms with Crippen LogP contribution in [0.1, 0.15) is 29.5 Å². The molecule has 3 aliphatic rings. The molecule has 15 heteroatoms. The molecule has 12 nitrogen and oxygen atoms in total. The highest BCUT2D eigenvalue weighted by Crippen LogP contribution is 2.53. The van der Waals surface area contributed by atoms with Crippen molar-refractivity contribution in [1.29, 1.82) is 0 Å². The summed E-state index contributed by atoms with van der Waals surface area (Å²) in [7, 11) is 3.49. The fourth-order valence-electron chi connectivity index (χ4n) is 5.77. The SMILES string of the molecule is CN(C)c1cc(CNCC(=O)OCC(Cl)(Cl)Cl)c(O)c2c1C[C@H]1C[C@H]3CC(=O)C(C(N)=O)=C(O)[C@@]3(O)C(=O)C1=C2O. The molecule has 0 spiro atoms. The lowest BCUT2D eigenvalue weighted by molar-refractivity contribution is -0.147. The Bertz CT molecular complexity index is 1420. The number of aromatic hydroxyl groups is 1. The normalized spacial score (nSPS) is 24.0. The van der Waals surface area contributed by atoms with Gasteiger partial charge in [0.25, 0.3) is 5.91 Å². The van der Waals surface area contributed by atoms with Crippen molar-refractivity contribution >= 4 is 69.7 Å². The molecular formula is C26H28Cl3N3O9. The molecule has 0 saturated heterocycles. The van der Waals surface area contributed by atoms with Crippen LogP contribution in [0.3, 0.4) is 0 Å². The molecule has 1 fully saturated rings. The minimum absolute atomic E-state index is 0.0240. The maximum Gasteiger partial charge on any atom is 0.320 e. The van der Waals surface area contributed by atoms with Crippen molar-refractivity contribution in [1.82, 2.24) is 5.32 Å². The maximum atomic E-state index is 13.7. The Balaban J connectivity index is 1.73. The van der Waals surface area contributed by atoms with Gasteiger partial charge in [0.15, 0.2) is 11.4 Å². The highest BCUT2D eigenvalue weighted by molar-refractivity contribution is 6.67. The highest BCUT2D eigenvalue weighted by Gasteiger charge is 2.60. The van der Waals surface area contributed by atoms with Crippen LogP contribution in [0, 0.1) is 11.8 Å². The Morgan fingerprint density at radius 3 is 2.44 bits per heavy atom. The van der Waals surface area contributed by atoms with E-state index < -0.39 is 74.8 Å². The van der Waals surface area contributed by atoms with Crippen molar-refractivity contribution < 1.29 is 44.3 Å². The first-order valence-electron chi connectivity index (χ1n) is 12.4. The number of nitrogens with two attached hydrogens (primary N) is 1. The number of esters is 1. The van der Waals surface area contributed by atoms with E-state index in [4.69, 9.17) is 45.3 Å². The molecule has 222 valence electrons. The zero-order valence-electron chi connectivity index (χ0n) is 22.0. The zero-order valence-corrected chi connectivity index (χ0v) is 24.2. The van der Waals surface area contributed by atoms with Crippen LogP contribution >= 0.6 is 34.8 Å². The van der Waals surface area contributed by atoms with Gasteiger partial charge in [-0.1, -0.05) is 34.8 Å². The van der Waals surface area contributed by atoms with Crippen LogP contribution in [0.5, 0.6) is 5.75 Å². The first kappa shape index (κ1) is 30.9. The number of primary amides is 1. The van der Waals surface area contributed by atoms with Crippen LogP contribution in [-0.2, 0) is 36.9 Å². The average molecular weight is 633 g/mol. The van der Waals surface area contributed by atoms with E-state index >= 15 is 0 Å². The number of alkyl halides is 3. The van der Waals surface area contributed by atoms with Crippen molar-refractivity contribution in [3.05, 3.63) is 39.7 Å². The number of carbonyl (C=O) groups excluding carboxylic acids is 4. The fourth-order valence-corrected chi connectivity index (χ4v) is 5.93. The van der Waals surface area contributed by atoms with Gasteiger partial charge in [0.1, 0.15) is 29.4 Å². The monoisotopic (exact) mass is 631 g/mol. The molecular weight excluding hydrogens is 605 g/mol. The molecule has 1 saturated carbocycles. The number of halogens is 3. The Morgan fingerprint density at radius 1 is 1.20 bits per heavy atom. The van der Waals surface area contributed by atoms with Crippen molar-refractivity contribution in [3.8, 4) is 5.75 Å². The summed E-state index contributed by atoms with van der Waals surface area (Å²) in [5.41, 5.74) is 2.79. The zero-order chi connectivity index (χ0) is 30.6. The van der Waals surface area contributed by atoms with Crippen LogP contribution in [0.25, 0.3) is 5.76 Å². The third-order valence-electron chi connectivity index (χ3n) is 7.58. The van der Waals surface area contributed by atoms with Gasteiger partial charge in [0, 0.05) is 49.8 Å². The van der Waals surface area contributed by atoms with E-state index in [-0.39, 0.29) is 48.4 Å². The third kappa shape index (κ3) is 5.46. The van der Waals surface area contributed by atoms with Gasteiger partial charge in [-0.25, -0.2) is 0 Å². The molecule has 3 aliphatic carbocycles. The van der Waals surface area contributed by atoms with Gasteiger partial charge in [-0.05, 0) is 30.4 Å². The van der Waals surface area contributed by atoms with E-state index in [1.807, 2.05) is 0 Å². The number of phenolic OH excluding ortho intramolecular Hbond substituents is 1. The minimum atomic E-state index is -2.65. The van der Waals surface area contributed by atoms with Gasteiger partial charge in [0.05, 0.1) is 12.1 Å². The van der Waals surface area contributed by atoms with Gasteiger partial charge >= 0.3 is 5.97 Å². The van der Waals surface area contributed by atoms with Crippen molar-refractivity contribution in [3.63, 3.8) is 0 Å². The Labute approximate surface area is 249 Å². The number of rotatable bonds is 7. The predicted molar refractivity (Wildman–Crippen MR) is 149 cm³/mol. The Morgan fingerprint density at radius 2 is 1.85 bits per heavy atom. The molecule has 4 rings (SSSR count). The molecule has 3 atom stereocenters. The number of aliphatic hydroxyl groups is 3. The quantitative estimate of drug-likeness (QED) is 0.145. The van der Waals surface area contributed by atoms with E-state index in [9.17, 15) is 39.6 Å². The number of phenols is 1. The number of hydrogen-bond donors (Lipinski definition) is 6. The summed E-state index contributed by atoms with van der Waals surface area (Å²) in [5, 5.41) is 47.5. The first-order valence-corrected chi connectivity index (χ1v) is 13.6. The molecule has 0 aliphatic heterocycles. The minimum Gasteiger partial charge on any atom is -0.508 e. The molecule has 7 N–H and O–H groups in total. The molecule has 1 aromatic carbocycles. The number of aliphatic hydroxyl groups excluding tert-OH is 2. The second-order valence-electron chi connectivity index (χ2n) is 10.4. The summed E-state index contributed by atoms with van der Waals surface area (Å²) in [6, 6.07) is 1.66. The lowest BCUT2D eigenvalue weighted by atomic mass is 9.59. The number of benzene rings is 1. The van der Waals surface area contributed by atoms with Gasteiger partial charge < -0.3 is 41.1 Å². The van der Waals surface area contributed by atoms with Crippen LogP contribution < -0.4 is 16.0 Å². The molecule has 0 radical (unpaired) electrons. The van der Waals surface area contributed by atoms with Gasteiger partial charge in [-0.15, -0.1) is 0 Å². The van der Waals surface area contributed by atoms with E-state index in [2.05, 4.69) is 5.32 Å². The number of hydrogen-bond acceptors (Lipinski definition) is 11. The topological polar surface area (TPSA) is 200 Å². The molecule has 0 bridgehead atoms. The van der Waals surface area contributed by atoms with Crippen molar-refractivity contribution in [2.75, 3.05) is 32.1 Å². The fraction of sp³-hybridized carbons (Fsp3) is 0.462. The number of Topliss-reactive ketones (excluding diaryl/α,β-unsaturated/α-hetero) is 2. The summed E-state index contributed by atoms with van der Waals surface area (Å²) < 4.78 is 3.08. The molecule has 0 aromatic heterocycles. The van der Waals surface area contributed by atoms with Crippen LogP contribution in [-0.4, -0.2) is 80.5 Å². The molecule has 41 heavy (non-hydrogen) atoms. The van der Waals surface area contributed by atoms with Crippen molar-refractivity contribution in [2.45, 2.75) is 35.2 Å². The molecule has 0 heterocycles. The number of carbonyl (C=O) groups is 4. The first-order chi connectivity index (χ1) is 19.0. The summed E-state index contributed by atoms with van der Waals surface area (Å²) in [6.45, 7) is -0.831. The summed E-state index contributed by atoms with van der Waals surface area (Å²) >= 11 is 16.7. The smallest absolute Gasteiger partial charge is 0.320 e. The number of nitrogens with zero attached hydrogens (tertiary/aromatic N) is 1. The summed E-state index contributed by atoms with van der Waals surface area (Å²) in [4.78, 5) is 51.7. The summed E-state index contributed by atoms with van der Waals surface area (Å²) in [6.07, 6.45) is -0.217. The van der Waals surface area contributed by atoms with Gasteiger partial charge in [-0.2, -0.15) is 0 Å². The molecule has 0 unspecified atom stereocenters. The Hall–Kier alpha value is -3.03. The average Bonchev–Trinajstić information content (AvgIpc) is 2.85. The van der Waals surface area contributed by atoms with E-state index in [0.717, 1.165) is 0 Å². The number of fused-ring (bicyclic) bond motifs is 3. The molecule has 1 amide bonds. The number of anilines is 1. The van der Waals surface area contributed by atoms with Crippen LogP contribution in [0.4, 0.5) is 5.69 Å². The predicted octanol–water partition coefficient (Wildman–Crippen LogP) is 1.49. The van der Waals surface area contributed by atoms with E-state index in [0.29, 0.717) is 11.3 Å². The second kappa shape index (κ2) is 11.0. The standard InChI is InChI=1S/C26H28Cl3N3O9/c1-32(2)14-5-11(7-31-8-16(34)41-9-25(27,28)29)20(35)18-13(14)4-10-3-12-6-15(33)19(24(30)39)23(38)26(12,40)22(37)17(10)21(18)36/h5,10,12,31,35-36,38,40H,3-4,6-9H2,1-2H3,(H2,30,39)/t10-,12+,26+/m1/s1. The summed E-state index contributed by atoms with van der Waals surface area (Å²) in [5.74, 6) is -7.74. The van der Waals surface area contributed by atoms with Gasteiger partial charge in [0.2, 0.25) is 9.58 Å². The second-order valence-corrected chi connectivity index (χ2v) is 13.0. The van der Waals surface area contributed by atoms with E-state index in [1.165, 1.54) is 0 Å². The molecule has 1 aromatic rings. The van der Waals surface area contributed by atoms with Crippen molar-refractivity contribution in [2.24, 2.45) is 17.6 Å². The van der Waals surface area contributed by atoms with Crippen LogP contribution in [0.15, 0.2) is 23.0 Å². The largest absolute Gasteiger partial charge is 0.508 e. The maximum absolute atomic E-state index is 13.7. The highest BCUT2D eigenvalue weighted by atomic mass is 35.6. The number of ether oxygens (including phenoxy) is 1. The third-order valence-corrected chi connectivity index (χ3v) is 7.91. The van der Waals surface area contributed by atoms with Gasteiger partial charge in [-0.3, -0.25) is 19.2 Å². The number of amides is 1. The van der Waals surface area contributed by atoms with Crippen LogP contribution in [0.2, 0.25) is 0 Å². The lowest BCUT2D eigenvalue weighted by Gasteiger charge is -2.46. The van der Waals surface area contributed by atoms with E-state index in [1.54, 1.807) is 25.1 Å². The Kier molecular flexibility index (Phi) is 8.29. The lowest BCUT2D eigenvalue weighted by Crippen LogP contribution is -2.58. The number of nitrogens with one attached hydrogen (secondary N) is 1. The number of ketones is 2.